The fourth-order valence-electron chi connectivity index (χ4n) is 3.82. The standard InChI is InChI=1S/C24H28N6O2/c1-5-19-20(12-25)24(32)30(28-22(19)6-2)15-23(31)26-13-21-16(3)27-29(17(21)4)14-18-10-8-7-9-11-18/h7-11H,5-6,13-15H2,1-4H3,(H,26,31). The summed E-state index contributed by atoms with van der Waals surface area (Å²) in [5.41, 5.74) is 4.80. The Morgan fingerprint density at radius 1 is 1.06 bits per heavy atom. The second kappa shape index (κ2) is 10.1. The number of hydrogen-bond donors (Lipinski definition) is 1. The molecule has 0 radical (unpaired) electrons. The summed E-state index contributed by atoms with van der Waals surface area (Å²) in [6.45, 7) is 8.41. The zero-order chi connectivity index (χ0) is 23.3. The number of nitrogens with one attached hydrogen (secondary N) is 1. The van der Waals surface area contributed by atoms with Crippen molar-refractivity contribution in [2.24, 2.45) is 0 Å². The second-order valence-corrected chi connectivity index (χ2v) is 7.65. The molecule has 0 bridgehead atoms. The number of nitrogens with zero attached hydrogens (tertiary/aromatic N) is 5. The Balaban J connectivity index is 1.73. The molecule has 0 saturated carbocycles. The molecule has 3 rings (SSSR count). The zero-order valence-corrected chi connectivity index (χ0v) is 19.0. The Labute approximate surface area is 187 Å². The van der Waals surface area contributed by atoms with Gasteiger partial charge in [0.05, 0.1) is 17.9 Å². The summed E-state index contributed by atoms with van der Waals surface area (Å²) in [4.78, 5) is 25.2. The molecular formula is C24H28N6O2. The SMILES string of the molecule is CCc1nn(CC(=O)NCc2c(C)nn(Cc3ccccc3)c2C)c(=O)c(C#N)c1CC. The van der Waals surface area contributed by atoms with E-state index in [0.717, 1.165) is 27.2 Å². The van der Waals surface area contributed by atoms with E-state index in [2.05, 4.69) is 15.5 Å². The van der Waals surface area contributed by atoms with Gasteiger partial charge in [0.1, 0.15) is 18.2 Å². The number of amides is 1. The number of benzene rings is 1. The highest BCUT2D eigenvalue weighted by Crippen LogP contribution is 2.15. The van der Waals surface area contributed by atoms with E-state index in [9.17, 15) is 14.9 Å². The van der Waals surface area contributed by atoms with Gasteiger partial charge in [-0.25, -0.2) is 4.68 Å². The number of hydrogen-bond acceptors (Lipinski definition) is 5. The van der Waals surface area contributed by atoms with Gasteiger partial charge in [-0.2, -0.15) is 15.5 Å². The van der Waals surface area contributed by atoms with E-state index in [0.29, 0.717) is 37.2 Å². The molecule has 32 heavy (non-hydrogen) atoms. The van der Waals surface area contributed by atoms with Gasteiger partial charge in [-0.1, -0.05) is 44.2 Å². The maximum atomic E-state index is 12.6. The normalized spacial score (nSPS) is 10.7. The fourth-order valence-corrected chi connectivity index (χ4v) is 3.82. The van der Waals surface area contributed by atoms with Crippen molar-refractivity contribution in [3.05, 3.63) is 80.0 Å². The predicted molar refractivity (Wildman–Crippen MR) is 121 cm³/mol. The first-order chi connectivity index (χ1) is 15.4. The molecule has 0 aliphatic rings. The van der Waals surface area contributed by atoms with Crippen molar-refractivity contribution < 1.29 is 4.79 Å². The molecule has 0 unspecified atom stereocenters. The van der Waals surface area contributed by atoms with Crippen LogP contribution in [0.5, 0.6) is 0 Å². The lowest BCUT2D eigenvalue weighted by atomic mass is 10.0. The highest BCUT2D eigenvalue weighted by molar-refractivity contribution is 5.75. The van der Waals surface area contributed by atoms with Crippen molar-refractivity contribution >= 4 is 5.91 Å². The summed E-state index contributed by atoms with van der Waals surface area (Å²) >= 11 is 0. The molecule has 0 saturated heterocycles. The largest absolute Gasteiger partial charge is 0.350 e. The van der Waals surface area contributed by atoms with Crippen LogP contribution in [0.3, 0.4) is 0 Å². The van der Waals surface area contributed by atoms with Gasteiger partial charge in [0.2, 0.25) is 5.91 Å². The lowest BCUT2D eigenvalue weighted by Gasteiger charge is -2.12. The van der Waals surface area contributed by atoms with Crippen molar-refractivity contribution in [3.63, 3.8) is 0 Å². The van der Waals surface area contributed by atoms with E-state index in [1.54, 1.807) is 0 Å². The minimum absolute atomic E-state index is 0.0704. The summed E-state index contributed by atoms with van der Waals surface area (Å²) in [6.07, 6.45) is 1.13. The molecule has 1 amide bonds. The van der Waals surface area contributed by atoms with Crippen molar-refractivity contribution in [1.29, 1.82) is 5.26 Å². The van der Waals surface area contributed by atoms with Crippen LogP contribution in [0.4, 0.5) is 0 Å². The maximum Gasteiger partial charge on any atom is 0.285 e. The van der Waals surface area contributed by atoms with Gasteiger partial charge in [-0.15, -0.1) is 0 Å². The van der Waals surface area contributed by atoms with E-state index in [4.69, 9.17) is 0 Å². The van der Waals surface area contributed by atoms with Gasteiger partial charge in [-0.05, 0) is 37.8 Å². The third-order valence-corrected chi connectivity index (χ3v) is 5.60. The van der Waals surface area contributed by atoms with Crippen LogP contribution < -0.4 is 10.9 Å². The Bertz CT molecular complexity index is 1220. The van der Waals surface area contributed by atoms with Crippen molar-refractivity contribution in [3.8, 4) is 6.07 Å². The summed E-state index contributed by atoms with van der Waals surface area (Å²) in [5.74, 6) is -0.343. The first-order valence-corrected chi connectivity index (χ1v) is 10.8. The third kappa shape index (κ3) is 4.78. The summed E-state index contributed by atoms with van der Waals surface area (Å²) in [7, 11) is 0. The van der Waals surface area contributed by atoms with Crippen molar-refractivity contribution in [2.45, 2.75) is 60.2 Å². The molecule has 3 aromatic rings. The number of carbonyl (C=O) groups is 1. The van der Waals surface area contributed by atoms with E-state index >= 15 is 0 Å². The first kappa shape index (κ1) is 22.9. The highest BCUT2D eigenvalue weighted by atomic mass is 16.2. The minimum Gasteiger partial charge on any atom is -0.350 e. The van der Waals surface area contributed by atoms with Crippen LogP contribution in [0, 0.1) is 25.2 Å². The second-order valence-electron chi connectivity index (χ2n) is 7.65. The summed E-state index contributed by atoms with van der Waals surface area (Å²) in [6, 6.07) is 12.0. The van der Waals surface area contributed by atoms with E-state index in [-0.39, 0.29) is 18.0 Å². The highest BCUT2D eigenvalue weighted by Gasteiger charge is 2.18. The number of rotatable bonds is 8. The molecule has 0 atom stereocenters. The van der Waals surface area contributed by atoms with Gasteiger partial charge >= 0.3 is 0 Å². The van der Waals surface area contributed by atoms with E-state index < -0.39 is 5.56 Å². The molecule has 0 spiro atoms. The number of nitriles is 1. The molecule has 0 fully saturated rings. The fraction of sp³-hybridized carbons (Fsp3) is 0.375. The first-order valence-electron chi connectivity index (χ1n) is 10.8. The monoisotopic (exact) mass is 432 g/mol. The molecule has 0 aliphatic carbocycles. The molecule has 166 valence electrons. The number of aryl methyl sites for hydroxylation is 2. The number of carbonyl (C=O) groups excluding carboxylic acids is 1. The van der Waals surface area contributed by atoms with E-state index in [1.807, 2.05) is 68.8 Å². The Morgan fingerprint density at radius 2 is 1.78 bits per heavy atom. The minimum atomic E-state index is -0.528. The van der Waals surface area contributed by atoms with Crippen molar-refractivity contribution in [2.75, 3.05) is 0 Å². The Morgan fingerprint density at radius 3 is 2.41 bits per heavy atom. The van der Waals surface area contributed by atoms with Gasteiger partial charge in [0.15, 0.2) is 0 Å². The quantitative estimate of drug-likeness (QED) is 0.588. The van der Waals surface area contributed by atoms with Gasteiger partial charge in [-0.3, -0.25) is 14.3 Å². The maximum absolute atomic E-state index is 12.6. The van der Waals surface area contributed by atoms with Crippen LogP contribution in [0.25, 0.3) is 0 Å². The van der Waals surface area contributed by atoms with Crippen LogP contribution in [0.2, 0.25) is 0 Å². The molecule has 2 heterocycles. The van der Waals surface area contributed by atoms with Crippen LogP contribution in [0.1, 0.15) is 53.2 Å². The predicted octanol–water partition coefficient (Wildman–Crippen LogP) is 2.42. The smallest absolute Gasteiger partial charge is 0.285 e. The summed E-state index contributed by atoms with van der Waals surface area (Å²) < 4.78 is 3.01. The van der Waals surface area contributed by atoms with Crippen LogP contribution in [-0.4, -0.2) is 25.5 Å². The molecule has 2 aromatic heterocycles. The van der Waals surface area contributed by atoms with Crippen LogP contribution in [0.15, 0.2) is 35.1 Å². The molecular weight excluding hydrogens is 404 g/mol. The third-order valence-electron chi connectivity index (χ3n) is 5.60. The molecule has 1 aromatic carbocycles. The molecule has 8 nitrogen and oxygen atoms in total. The molecule has 0 aliphatic heterocycles. The number of aromatic nitrogens is 4. The molecule has 1 N–H and O–H groups in total. The van der Waals surface area contributed by atoms with Gasteiger partial charge < -0.3 is 5.32 Å². The van der Waals surface area contributed by atoms with Gasteiger partial charge in [0.25, 0.3) is 5.56 Å². The molecule has 8 heteroatoms. The Hall–Kier alpha value is -3.73. The lowest BCUT2D eigenvalue weighted by molar-refractivity contribution is -0.122. The van der Waals surface area contributed by atoms with Crippen LogP contribution in [-0.2, 0) is 37.3 Å². The Kier molecular flexibility index (Phi) is 7.21. The topological polar surface area (TPSA) is 106 Å². The van der Waals surface area contributed by atoms with Crippen LogP contribution >= 0.6 is 0 Å². The van der Waals surface area contributed by atoms with E-state index in [1.165, 1.54) is 0 Å². The zero-order valence-electron chi connectivity index (χ0n) is 19.0. The van der Waals surface area contributed by atoms with Crippen molar-refractivity contribution in [1.82, 2.24) is 24.9 Å². The van der Waals surface area contributed by atoms with Gasteiger partial charge in [0, 0.05) is 17.8 Å². The average Bonchev–Trinajstić information content (AvgIpc) is 3.06. The lowest BCUT2D eigenvalue weighted by Crippen LogP contribution is -2.36. The summed E-state index contributed by atoms with van der Waals surface area (Å²) in [5, 5.41) is 21.2. The average molecular weight is 433 g/mol.